The first-order chi connectivity index (χ1) is 10.2. The molecule has 0 aromatic heterocycles. The van der Waals surface area contributed by atoms with Gasteiger partial charge in [-0.3, -0.25) is 0 Å². The average Bonchev–Trinajstić information content (AvgIpc) is 2.95. The van der Waals surface area contributed by atoms with Crippen LogP contribution in [0.15, 0.2) is 22.7 Å². The minimum atomic E-state index is 0.204. The molecule has 0 atom stereocenters. The zero-order valence-electron chi connectivity index (χ0n) is 11.7. The highest BCUT2D eigenvalue weighted by molar-refractivity contribution is 6.36. The molecule has 1 aromatic carbocycles. The first kappa shape index (κ1) is 16.2. The molecule has 0 radical (unpaired) electrons. The van der Waals surface area contributed by atoms with Gasteiger partial charge in [0.15, 0.2) is 11.5 Å². The molecule has 1 heterocycles. The van der Waals surface area contributed by atoms with E-state index in [0.717, 1.165) is 12.1 Å². The Morgan fingerprint density at radius 2 is 2.14 bits per heavy atom. The summed E-state index contributed by atoms with van der Waals surface area (Å²) in [5.41, 5.74) is 2.24. The molecule has 0 saturated heterocycles. The quantitative estimate of drug-likeness (QED) is 0.741. The number of fused-ring (bicyclic) bond motifs is 1. The Morgan fingerprint density at radius 3 is 2.86 bits per heavy atom. The summed E-state index contributed by atoms with van der Waals surface area (Å²) in [5.74, 6) is 2.06. The Bertz CT molecular complexity index is 508. The predicted octanol–water partition coefficient (Wildman–Crippen LogP) is 2.85. The van der Waals surface area contributed by atoms with Crippen LogP contribution in [0.5, 0.6) is 17.2 Å². The van der Waals surface area contributed by atoms with Crippen LogP contribution in [0, 0.1) is 0 Å². The Balaban J connectivity index is 2.07. The van der Waals surface area contributed by atoms with E-state index in [1.54, 1.807) is 13.2 Å². The molecule has 1 N–H and O–H groups in total. The maximum Gasteiger partial charge on any atom is 0.231 e. The SMILES string of the molecule is COCCNCc1cc2c(cc1OCC(Cl)=CCl)OCO2. The standard InChI is InChI=1S/C14H17Cl2NO4/c1-18-3-2-17-7-10-4-13-14(21-9-20-13)5-12(10)19-8-11(16)6-15/h4-6,17H,2-3,7-9H2,1H3. The summed E-state index contributed by atoms with van der Waals surface area (Å²) in [5, 5.41) is 3.68. The van der Waals surface area contributed by atoms with Crippen LogP contribution in [0.4, 0.5) is 0 Å². The fourth-order valence-corrected chi connectivity index (χ4v) is 1.93. The van der Waals surface area contributed by atoms with Crippen LogP contribution < -0.4 is 19.5 Å². The Kier molecular flexibility index (Phi) is 6.45. The van der Waals surface area contributed by atoms with E-state index in [2.05, 4.69) is 5.32 Å². The zero-order chi connectivity index (χ0) is 15.1. The molecule has 21 heavy (non-hydrogen) atoms. The minimum absolute atomic E-state index is 0.204. The van der Waals surface area contributed by atoms with Gasteiger partial charge in [0.2, 0.25) is 6.79 Å². The van der Waals surface area contributed by atoms with Gasteiger partial charge in [-0.15, -0.1) is 0 Å². The first-order valence-corrected chi connectivity index (χ1v) is 7.25. The lowest BCUT2D eigenvalue weighted by molar-refractivity contribution is 0.174. The monoisotopic (exact) mass is 333 g/mol. The van der Waals surface area contributed by atoms with E-state index in [0.29, 0.717) is 35.4 Å². The number of benzene rings is 1. The van der Waals surface area contributed by atoms with Crippen molar-refractivity contribution in [2.24, 2.45) is 0 Å². The van der Waals surface area contributed by atoms with E-state index >= 15 is 0 Å². The van der Waals surface area contributed by atoms with Gasteiger partial charge in [-0.1, -0.05) is 23.2 Å². The fourth-order valence-electron chi connectivity index (χ4n) is 1.81. The summed E-state index contributed by atoms with van der Waals surface area (Å²) in [7, 11) is 1.66. The number of hydrogen-bond donors (Lipinski definition) is 1. The van der Waals surface area contributed by atoms with Crippen LogP contribution in [0.2, 0.25) is 0 Å². The van der Waals surface area contributed by atoms with E-state index in [9.17, 15) is 0 Å². The van der Waals surface area contributed by atoms with Crippen LogP contribution >= 0.6 is 23.2 Å². The molecule has 0 unspecified atom stereocenters. The minimum Gasteiger partial charge on any atom is -0.487 e. The molecule has 2 rings (SSSR count). The fraction of sp³-hybridized carbons (Fsp3) is 0.429. The molecule has 0 saturated carbocycles. The molecule has 0 spiro atoms. The Hall–Kier alpha value is -1.14. The smallest absolute Gasteiger partial charge is 0.231 e. The van der Waals surface area contributed by atoms with Crippen molar-refractivity contribution >= 4 is 23.2 Å². The summed E-state index contributed by atoms with van der Waals surface area (Å²) in [6.45, 7) is 2.43. The van der Waals surface area contributed by atoms with Gasteiger partial charge in [0, 0.05) is 37.4 Å². The molecule has 116 valence electrons. The van der Waals surface area contributed by atoms with Crippen molar-refractivity contribution in [2.45, 2.75) is 6.54 Å². The molecular weight excluding hydrogens is 317 g/mol. The third kappa shape index (κ3) is 4.68. The third-order valence-corrected chi connectivity index (χ3v) is 3.43. The van der Waals surface area contributed by atoms with E-state index < -0.39 is 0 Å². The van der Waals surface area contributed by atoms with Crippen molar-refractivity contribution < 1.29 is 18.9 Å². The van der Waals surface area contributed by atoms with Crippen LogP contribution in [0.3, 0.4) is 0 Å². The van der Waals surface area contributed by atoms with Crippen molar-refractivity contribution in [3.63, 3.8) is 0 Å². The molecule has 0 bridgehead atoms. The van der Waals surface area contributed by atoms with E-state index in [-0.39, 0.29) is 13.4 Å². The van der Waals surface area contributed by atoms with Crippen LogP contribution in [0.25, 0.3) is 0 Å². The van der Waals surface area contributed by atoms with Crippen molar-refractivity contribution in [1.29, 1.82) is 0 Å². The van der Waals surface area contributed by atoms with Gasteiger partial charge in [-0.05, 0) is 6.07 Å². The Morgan fingerprint density at radius 1 is 1.38 bits per heavy atom. The largest absolute Gasteiger partial charge is 0.487 e. The summed E-state index contributed by atoms with van der Waals surface area (Å²) in [6.07, 6.45) is 0. The Labute approximate surface area is 133 Å². The maximum atomic E-state index is 5.85. The highest BCUT2D eigenvalue weighted by atomic mass is 35.5. The van der Waals surface area contributed by atoms with Crippen molar-refractivity contribution in [2.75, 3.05) is 33.7 Å². The van der Waals surface area contributed by atoms with Crippen molar-refractivity contribution in [3.05, 3.63) is 28.3 Å². The highest BCUT2D eigenvalue weighted by Crippen LogP contribution is 2.38. The van der Waals surface area contributed by atoms with Gasteiger partial charge in [0.25, 0.3) is 0 Å². The van der Waals surface area contributed by atoms with E-state index in [1.807, 2.05) is 6.07 Å². The molecular formula is C14H17Cl2NO4. The van der Waals surface area contributed by atoms with Crippen molar-refractivity contribution in [3.8, 4) is 17.2 Å². The van der Waals surface area contributed by atoms with Gasteiger partial charge in [0.05, 0.1) is 11.6 Å². The number of ether oxygens (including phenoxy) is 4. The second kappa shape index (κ2) is 8.34. The maximum absolute atomic E-state index is 5.85. The zero-order valence-corrected chi connectivity index (χ0v) is 13.2. The van der Waals surface area contributed by atoms with Gasteiger partial charge in [-0.2, -0.15) is 0 Å². The van der Waals surface area contributed by atoms with Crippen molar-refractivity contribution in [1.82, 2.24) is 5.32 Å². The van der Waals surface area contributed by atoms with Crippen LogP contribution in [0.1, 0.15) is 5.56 Å². The molecule has 0 amide bonds. The number of hydrogen-bond acceptors (Lipinski definition) is 5. The average molecular weight is 334 g/mol. The van der Waals surface area contributed by atoms with Gasteiger partial charge in [0.1, 0.15) is 12.4 Å². The number of rotatable bonds is 8. The molecule has 1 aromatic rings. The lowest BCUT2D eigenvalue weighted by atomic mass is 10.1. The predicted molar refractivity (Wildman–Crippen MR) is 81.4 cm³/mol. The van der Waals surface area contributed by atoms with Gasteiger partial charge in [-0.25, -0.2) is 0 Å². The van der Waals surface area contributed by atoms with Crippen LogP contribution in [-0.2, 0) is 11.3 Å². The number of halogens is 2. The number of nitrogens with one attached hydrogen (secondary N) is 1. The normalized spacial score (nSPS) is 13.6. The van der Waals surface area contributed by atoms with Gasteiger partial charge < -0.3 is 24.3 Å². The van der Waals surface area contributed by atoms with Crippen LogP contribution in [-0.4, -0.2) is 33.7 Å². The van der Waals surface area contributed by atoms with E-state index in [4.69, 9.17) is 42.1 Å². The molecule has 1 aliphatic rings. The van der Waals surface area contributed by atoms with E-state index in [1.165, 1.54) is 5.54 Å². The lowest BCUT2D eigenvalue weighted by Gasteiger charge is -2.13. The first-order valence-electron chi connectivity index (χ1n) is 6.44. The molecule has 5 nitrogen and oxygen atoms in total. The summed E-state index contributed by atoms with van der Waals surface area (Å²) in [4.78, 5) is 0. The lowest BCUT2D eigenvalue weighted by Crippen LogP contribution is -2.19. The molecule has 0 aliphatic carbocycles. The highest BCUT2D eigenvalue weighted by Gasteiger charge is 2.18. The number of methoxy groups -OCH3 is 1. The summed E-state index contributed by atoms with van der Waals surface area (Å²) >= 11 is 11.4. The molecule has 1 aliphatic heterocycles. The second-order valence-electron chi connectivity index (χ2n) is 4.33. The third-order valence-electron chi connectivity index (χ3n) is 2.84. The van der Waals surface area contributed by atoms with Gasteiger partial charge >= 0.3 is 0 Å². The summed E-state index contributed by atoms with van der Waals surface area (Å²) < 4.78 is 21.4. The molecule has 0 fully saturated rings. The summed E-state index contributed by atoms with van der Waals surface area (Å²) in [6, 6.07) is 3.70. The molecule has 7 heteroatoms. The topological polar surface area (TPSA) is 49.0 Å². The second-order valence-corrected chi connectivity index (χ2v) is 5.03.